The Morgan fingerprint density at radius 1 is 1.43 bits per heavy atom. The molecule has 0 aliphatic rings. The van der Waals surface area contributed by atoms with Crippen molar-refractivity contribution in [3.8, 4) is 5.75 Å². The van der Waals surface area contributed by atoms with Crippen molar-refractivity contribution in [2.45, 2.75) is 13.3 Å². The van der Waals surface area contributed by atoms with Gasteiger partial charge in [0.1, 0.15) is 5.75 Å². The number of nitrogens with zero attached hydrogens (tertiary/aromatic N) is 1. The second-order valence-electron chi connectivity index (χ2n) is 3.15. The maximum atomic E-state index is 11.5. The highest BCUT2D eigenvalue weighted by molar-refractivity contribution is 5.95. The van der Waals surface area contributed by atoms with Crippen LogP contribution in [0.5, 0.6) is 5.75 Å². The first-order chi connectivity index (χ1) is 6.74. The van der Waals surface area contributed by atoms with E-state index >= 15 is 0 Å². The van der Waals surface area contributed by atoms with E-state index in [4.69, 9.17) is 0 Å². The number of fused-ring (bicyclic) bond motifs is 1. The topological polar surface area (TPSA) is 42.2 Å². The molecule has 0 radical (unpaired) electrons. The molecule has 2 aromatic rings. The van der Waals surface area contributed by atoms with Crippen LogP contribution >= 0.6 is 0 Å². The van der Waals surface area contributed by atoms with E-state index in [0.29, 0.717) is 11.8 Å². The van der Waals surface area contributed by atoms with Crippen molar-refractivity contribution >= 4 is 16.8 Å². The van der Waals surface area contributed by atoms with Gasteiger partial charge in [-0.1, -0.05) is 19.1 Å². The predicted molar refractivity (Wildman–Crippen MR) is 54.5 cm³/mol. The number of aromatic nitrogens is 1. The number of aromatic hydroxyl groups is 1. The molecule has 0 fully saturated rings. The van der Waals surface area contributed by atoms with E-state index in [9.17, 15) is 9.90 Å². The molecule has 0 saturated heterocycles. The highest BCUT2D eigenvalue weighted by atomic mass is 16.3. The molecular formula is C11H11NO2. The predicted octanol–water partition coefficient (Wildman–Crippen LogP) is 2.40. The minimum Gasteiger partial charge on any atom is -0.506 e. The maximum absolute atomic E-state index is 11.5. The minimum absolute atomic E-state index is 0.0125. The summed E-state index contributed by atoms with van der Waals surface area (Å²) in [6.45, 7) is 1.80. The molecule has 3 nitrogen and oxygen atoms in total. The fourth-order valence-corrected chi connectivity index (χ4v) is 1.54. The first-order valence-corrected chi connectivity index (χ1v) is 4.56. The number of para-hydroxylation sites is 1. The van der Waals surface area contributed by atoms with Crippen molar-refractivity contribution in [2.24, 2.45) is 0 Å². The third kappa shape index (κ3) is 1.18. The number of rotatable bonds is 1. The zero-order chi connectivity index (χ0) is 10.1. The monoisotopic (exact) mass is 189 g/mol. The molecule has 0 spiro atoms. The molecule has 1 aromatic heterocycles. The summed E-state index contributed by atoms with van der Waals surface area (Å²) >= 11 is 0. The molecule has 0 atom stereocenters. The quantitative estimate of drug-likeness (QED) is 0.748. The summed E-state index contributed by atoms with van der Waals surface area (Å²) in [4.78, 5) is 11.5. The molecule has 2 rings (SSSR count). The van der Waals surface area contributed by atoms with Crippen LogP contribution in [0.3, 0.4) is 0 Å². The molecule has 0 unspecified atom stereocenters. The summed E-state index contributed by atoms with van der Waals surface area (Å²) in [6.07, 6.45) is 1.90. The molecule has 1 heterocycles. The highest BCUT2D eigenvalue weighted by Gasteiger charge is 2.10. The van der Waals surface area contributed by atoms with E-state index in [0.717, 1.165) is 5.52 Å². The normalized spacial score (nSPS) is 10.6. The number of benzene rings is 1. The molecule has 0 aliphatic carbocycles. The lowest BCUT2D eigenvalue weighted by atomic mass is 10.2. The van der Waals surface area contributed by atoms with Crippen molar-refractivity contribution < 1.29 is 9.90 Å². The second kappa shape index (κ2) is 3.18. The van der Waals surface area contributed by atoms with Gasteiger partial charge in [0.05, 0.1) is 11.7 Å². The van der Waals surface area contributed by atoms with Crippen molar-refractivity contribution in [2.75, 3.05) is 0 Å². The first kappa shape index (κ1) is 8.81. The fourth-order valence-electron chi connectivity index (χ4n) is 1.54. The number of hydrogen-bond donors (Lipinski definition) is 1. The van der Waals surface area contributed by atoms with Crippen LogP contribution in [0.1, 0.15) is 18.1 Å². The van der Waals surface area contributed by atoms with Gasteiger partial charge in [0.25, 0.3) is 0 Å². The number of hydrogen-bond acceptors (Lipinski definition) is 2. The Hall–Kier alpha value is -1.77. The second-order valence-corrected chi connectivity index (χ2v) is 3.15. The van der Waals surface area contributed by atoms with Gasteiger partial charge in [-0.05, 0) is 12.1 Å². The van der Waals surface area contributed by atoms with E-state index in [2.05, 4.69) is 0 Å². The third-order valence-corrected chi connectivity index (χ3v) is 2.26. The van der Waals surface area contributed by atoms with Crippen molar-refractivity contribution in [3.63, 3.8) is 0 Å². The van der Waals surface area contributed by atoms with Gasteiger partial charge in [0.15, 0.2) is 0 Å². The zero-order valence-corrected chi connectivity index (χ0v) is 7.90. The summed E-state index contributed by atoms with van der Waals surface area (Å²) in [6, 6.07) is 7.30. The van der Waals surface area contributed by atoms with Crippen molar-refractivity contribution in [1.82, 2.24) is 4.57 Å². The van der Waals surface area contributed by atoms with E-state index in [1.165, 1.54) is 10.8 Å². The SMILES string of the molecule is CCC(=O)n1cc(O)c2ccccc21. The summed E-state index contributed by atoms with van der Waals surface area (Å²) in [5.74, 6) is 0.143. The van der Waals surface area contributed by atoms with Crippen LogP contribution in [0.2, 0.25) is 0 Å². The van der Waals surface area contributed by atoms with E-state index in [-0.39, 0.29) is 11.7 Å². The van der Waals surface area contributed by atoms with Crippen LogP contribution in [0.15, 0.2) is 30.5 Å². The van der Waals surface area contributed by atoms with Crippen LogP contribution in [0.4, 0.5) is 0 Å². The minimum atomic E-state index is -0.0125. The van der Waals surface area contributed by atoms with Gasteiger partial charge >= 0.3 is 0 Å². The largest absolute Gasteiger partial charge is 0.506 e. The Kier molecular flexibility index (Phi) is 2.00. The summed E-state index contributed by atoms with van der Waals surface area (Å²) < 4.78 is 1.49. The summed E-state index contributed by atoms with van der Waals surface area (Å²) in [7, 11) is 0. The summed E-state index contributed by atoms with van der Waals surface area (Å²) in [5.41, 5.74) is 0.761. The molecular weight excluding hydrogens is 178 g/mol. The molecule has 0 aliphatic heterocycles. The lowest BCUT2D eigenvalue weighted by Crippen LogP contribution is -2.06. The Morgan fingerprint density at radius 3 is 2.86 bits per heavy atom. The van der Waals surface area contributed by atoms with Gasteiger partial charge in [0.2, 0.25) is 5.91 Å². The maximum Gasteiger partial charge on any atom is 0.230 e. The van der Waals surface area contributed by atoms with Crippen LogP contribution in [-0.2, 0) is 0 Å². The van der Waals surface area contributed by atoms with Crippen LogP contribution in [0.25, 0.3) is 10.9 Å². The molecule has 14 heavy (non-hydrogen) atoms. The standard InChI is InChI=1S/C11H11NO2/c1-2-11(14)12-7-10(13)8-5-3-4-6-9(8)12/h3-7,13H,2H2,1H3. The van der Waals surface area contributed by atoms with E-state index in [1.54, 1.807) is 13.0 Å². The van der Waals surface area contributed by atoms with E-state index in [1.807, 2.05) is 18.2 Å². The van der Waals surface area contributed by atoms with Gasteiger partial charge in [-0.25, -0.2) is 0 Å². The fraction of sp³-hybridized carbons (Fsp3) is 0.182. The number of carbonyl (C=O) groups is 1. The molecule has 1 aromatic carbocycles. The van der Waals surface area contributed by atoms with Crippen LogP contribution in [-0.4, -0.2) is 15.6 Å². The van der Waals surface area contributed by atoms with Gasteiger partial charge < -0.3 is 5.11 Å². The van der Waals surface area contributed by atoms with Gasteiger partial charge in [-0.2, -0.15) is 0 Å². The lowest BCUT2D eigenvalue weighted by Gasteiger charge is -1.99. The molecule has 3 heteroatoms. The molecule has 1 N–H and O–H groups in total. The Morgan fingerprint density at radius 2 is 2.14 bits per heavy atom. The van der Waals surface area contributed by atoms with Crippen LogP contribution < -0.4 is 0 Å². The third-order valence-electron chi connectivity index (χ3n) is 2.26. The molecule has 0 amide bonds. The Balaban J connectivity index is 2.72. The average Bonchev–Trinajstić information content (AvgIpc) is 2.56. The van der Waals surface area contributed by atoms with Gasteiger partial charge in [0, 0.05) is 11.8 Å². The highest BCUT2D eigenvalue weighted by Crippen LogP contribution is 2.26. The Labute approximate surface area is 81.6 Å². The van der Waals surface area contributed by atoms with Crippen molar-refractivity contribution in [1.29, 1.82) is 0 Å². The average molecular weight is 189 g/mol. The lowest BCUT2D eigenvalue weighted by molar-refractivity contribution is 0.0913. The van der Waals surface area contributed by atoms with Gasteiger partial charge in [-0.3, -0.25) is 9.36 Å². The van der Waals surface area contributed by atoms with Crippen molar-refractivity contribution in [3.05, 3.63) is 30.5 Å². The number of carbonyl (C=O) groups excluding carboxylic acids is 1. The Bertz CT molecular complexity index is 485. The van der Waals surface area contributed by atoms with E-state index < -0.39 is 0 Å². The summed E-state index contributed by atoms with van der Waals surface area (Å²) in [5, 5.41) is 10.3. The molecule has 72 valence electrons. The first-order valence-electron chi connectivity index (χ1n) is 4.56. The molecule has 0 saturated carbocycles. The zero-order valence-electron chi connectivity index (χ0n) is 7.90. The molecule has 0 bridgehead atoms. The smallest absolute Gasteiger partial charge is 0.230 e. The van der Waals surface area contributed by atoms with Gasteiger partial charge in [-0.15, -0.1) is 0 Å². The van der Waals surface area contributed by atoms with Crippen LogP contribution in [0, 0.1) is 0 Å².